The van der Waals surface area contributed by atoms with Crippen LogP contribution in [0.15, 0.2) is 0 Å². The molecule has 5 atom stereocenters. The molecule has 0 aromatic heterocycles. The summed E-state index contributed by atoms with van der Waals surface area (Å²) in [7, 11) is 0. The van der Waals surface area contributed by atoms with Crippen molar-refractivity contribution >= 4 is 0 Å². The van der Waals surface area contributed by atoms with Crippen LogP contribution in [-0.4, -0.2) is 59.7 Å². The van der Waals surface area contributed by atoms with Crippen LogP contribution in [0.4, 0.5) is 13.2 Å². The van der Waals surface area contributed by atoms with Gasteiger partial charge in [0.2, 0.25) is 5.60 Å². The van der Waals surface area contributed by atoms with E-state index in [1.165, 1.54) is 13.8 Å². The lowest BCUT2D eigenvalue weighted by Crippen LogP contribution is -2.60. The first-order valence-corrected chi connectivity index (χ1v) is 7.46. The van der Waals surface area contributed by atoms with Crippen LogP contribution in [0, 0.1) is 0 Å². The molecule has 0 saturated carbocycles. The van der Waals surface area contributed by atoms with E-state index in [2.05, 4.69) is 0 Å². The summed E-state index contributed by atoms with van der Waals surface area (Å²) in [4.78, 5) is 0. The Labute approximate surface area is 131 Å². The third kappa shape index (κ3) is 2.87. The van der Waals surface area contributed by atoms with Crippen LogP contribution >= 0.6 is 0 Å². The van der Waals surface area contributed by atoms with E-state index < -0.39 is 48.0 Å². The van der Waals surface area contributed by atoms with Crippen molar-refractivity contribution in [1.29, 1.82) is 0 Å². The van der Waals surface area contributed by atoms with Gasteiger partial charge in [-0.25, -0.2) is 0 Å². The van der Waals surface area contributed by atoms with Gasteiger partial charge in [0.15, 0.2) is 24.0 Å². The van der Waals surface area contributed by atoms with Gasteiger partial charge in [-0.2, -0.15) is 13.2 Å². The van der Waals surface area contributed by atoms with Gasteiger partial charge in [-0.15, -0.1) is 0 Å². The Bertz CT molecular complexity index is 480. The Hall–Kier alpha value is -0.450. The number of alkyl halides is 3. The van der Waals surface area contributed by atoms with Gasteiger partial charge in [-0.3, -0.25) is 0 Å². The second-order valence-electron chi connectivity index (χ2n) is 7.06. The molecule has 3 aliphatic heterocycles. The first kappa shape index (κ1) is 17.4. The summed E-state index contributed by atoms with van der Waals surface area (Å²) in [6.07, 6.45) is -10.2. The van der Waals surface area contributed by atoms with Gasteiger partial charge in [0.1, 0.15) is 6.10 Å². The largest absolute Gasteiger partial charge is 0.422 e. The van der Waals surface area contributed by atoms with Crippen LogP contribution in [0.25, 0.3) is 0 Å². The van der Waals surface area contributed by atoms with E-state index in [4.69, 9.17) is 23.7 Å². The molecule has 3 fully saturated rings. The number of ether oxygens (including phenoxy) is 5. The molecule has 3 saturated heterocycles. The minimum atomic E-state index is -4.93. The third-order valence-corrected chi connectivity index (χ3v) is 4.28. The number of hydrogen-bond donors (Lipinski definition) is 1. The molecular formula is C14H21F3O6. The lowest BCUT2D eigenvalue weighted by Gasteiger charge is -2.35. The second kappa shape index (κ2) is 5.03. The molecule has 0 aromatic rings. The van der Waals surface area contributed by atoms with Gasteiger partial charge in [0.25, 0.3) is 0 Å². The topological polar surface area (TPSA) is 66.4 Å². The summed E-state index contributed by atoms with van der Waals surface area (Å²) in [6, 6.07) is 0. The Balaban J connectivity index is 1.81. The number of rotatable bonds is 2. The fourth-order valence-corrected chi connectivity index (χ4v) is 3.27. The fraction of sp³-hybridized carbons (Fsp3) is 1.00. The standard InChI is InChI=1S/C14H21F3O6/c1-11(2)19-6-7(21-11)5-8-13(18,14(15,16)17)9-10(20-8)23-12(3,4)22-9/h7-10,18H,5-6H2,1-4H3/t7?,8-,9+,10-,13-/m1/s1. The molecule has 134 valence electrons. The van der Waals surface area contributed by atoms with Crippen LogP contribution in [0.3, 0.4) is 0 Å². The lowest BCUT2D eigenvalue weighted by molar-refractivity contribution is -0.316. The van der Waals surface area contributed by atoms with Gasteiger partial charge in [-0.05, 0) is 27.7 Å². The van der Waals surface area contributed by atoms with Crippen molar-refractivity contribution < 1.29 is 42.0 Å². The summed E-state index contributed by atoms with van der Waals surface area (Å²) >= 11 is 0. The van der Waals surface area contributed by atoms with Crippen molar-refractivity contribution in [2.75, 3.05) is 6.61 Å². The van der Waals surface area contributed by atoms with E-state index >= 15 is 0 Å². The highest BCUT2D eigenvalue weighted by molar-refractivity contribution is 5.10. The number of hydrogen-bond acceptors (Lipinski definition) is 6. The van der Waals surface area contributed by atoms with Crippen LogP contribution in [0.1, 0.15) is 34.1 Å². The molecule has 0 spiro atoms. The summed E-state index contributed by atoms with van der Waals surface area (Å²) in [5.41, 5.74) is -3.17. The molecule has 23 heavy (non-hydrogen) atoms. The average Bonchev–Trinajstić information content (AvgIpc) is 2.92. The molecule has 3 rings (SSSR count). The predicted octanol–water partition coefficient (Wildman–Crippen LogP) is 1.70. The normalized spacial score (nSPS) is 45.4. The van der Waals surface area contributed by atoms with Gasteiger partial charge >= 0.3 is 6.18 Å². The average molecular weight is 342 g/mol. The minimum absolute atomic E-state index is 0.128. The molecule has 6 nitrogen and oxygen atoms in total. The fourth-order valence-electron chi connectivity index (χ4n) is 3.27. The van der Waals surface area contributed by atoms with Crippen molar-refractivity contribution in [2.45, 2.75) is 82.1 Å². The van der Waals surface area contributed by atoms with E-state index in [9.17, 15) is 18.3 Å². The van der Waals surface area contributed by atoms with Gasteiger partial charge in [0.05, 0.1) is 12.7 Å². The van der Waals surface area contributed by atoms with E-state index in [1.54, 1.807) is 13.8 Å². The van der Waals surface area contributed by atoms with E-state index in [0.717, 1.165) is 0 Å². The Kier molecular flexibility index (Phi) is 3.80. The Morgan fingerprint density at radius 2 is 1.70 bits per heavy atom. The highest BCUT2D eigenvalue weighted by atomic mass is 19.4. The van der Waals surface area contributed by atoms with Gasteiger partial charge in [0, 0.05) is 6.42 Å². The highest BCUT2D eigenvalue weighted by Gasteiger charge is 2.74. The van der Waals surface area contributed by atoms with Crippen LogP contribution in [0.5, 0.6) is 0 Å². The van der Waals surface area contributed by atoms with E-state index in [-0.39, 0.29) is 13.0 Å². The van der Waals surface area contributed by atoms with E-state index in [1.807, 2.05) is 0 Å². The van der Waals surface area contributed by atoms with Crippen molar-refractivity contribution in [3.8, 4) is 0 Å². The molecule has 0 aromatic carbocycles. The zero-order valence-electron chi connectivity index (χ0n) is 13.3. The minimum Gasteiger partial charge on any atom is -0.376 e. The molecule has 1 unspecified atom stereocenters. The van der Waals surface area contributed by atoms with Crippen molar-refractivity contribution in [3.05, 3.63) is 0 Å². The zero-order valence-corrected chi connectivity index (χ0v) is 13.3. The van der Waals surface area contributed by atoms with E-state index in [0.29, 0.717) is 0 Å². The number of aliphatic hydroxyl groups is 1. The van der Waals surface area contributed by atoms with Crippen molar-refractivity contribution in [2.24, 2.45) is 0 Å². The van der Waals surface area contributed by atoms with Crippen LogP contribution in [0.2, 0.25) is 0 Å². The summed E-state index contributed by atoms with van der Waals surface area (Å²) in [6.45, 7) is 6.40. The molecule has 1 N–H and O–H groups in total. The third-order valence-electron chi connectivity index (χ3n) is 4.28. The monoisotopic (exact) mass is 342 g/mol. The molecule has 0 bridgehead atoms. The number of fused-ring (bicyclic) bond motifs is 1. The molecule has 0 aliphatic carbocycles. The highest BCUT2D eigenvalue weighted by Crippen LogP contribution is 2.51. The summed E-state index contributed by atoms with van der Waals surface area (Å²) < 4.78 is 67.5. The molecule has 0 radical (unpaired) electrons. The molecular weight excluding hydrogens is 321 g/mol. The SMILES string of the molecule is CC1(C)OCC(C[C@H]2O[C@@H]3OC(C)(C)O[C@@H]3[C@@]2(O)C(F)(F)F)O1. The molecule has 0 amide bonds. The smallest absolute Gasteiger partial charge is 0.376 e. The maximum Gasteiger partial charge on any atom is 0.422 e. The quantitative estimate of drug-likeness (QED) is 0.824. The Morgan fingerprint density at radius 1 is 1.04 bits per heavy atom. The summed E-state index contributed by atoms with van der Waals surface area (Å²) in [5.74, 6) is -2.13. The number of halogens is 3. The zero-order chi connectivity index (χ0) is 17.3. The lowest BCUT2D eigenvalue weighted by atomic mass is 9.88. The first-order chi connectivity index (χ1) is 10.3. The first-order valence-electron chi connectivity index (χ1n) is 7.46. The van der Waals surface area contributed by atoms with Crippen LogP contribution < -0.4 is 0 Å². The maximum atomic E-state index is 13.6. The van der Waals surface area contributed by atoms with Gasteiger partial charge in [-0.1, -0.05) is 0 Å². The molecule has 3 aliphatic rings. The van der Waals surface area contributed by atoms with Crippen LogP contribution in [-0.2, 0) is 23.7 Å². The van der Waals surface area contributed by atoms with Crippen molar-refractivity contribution in [1.82, 2.24) is 0 Å². The second-order valence-corrected chi connectivity index (χ2v) is 7.06. The summed E-state index contributed by atoms with van der Waals surface area (Å²) in [5, 5.41) is 10.4. The molecule has 3 heterocycles. The molecule has 9 heteroatoms. The van der Waals surface area contributed by atoms with Gasteiger partial charge < -0.3 is 28.8 Å². The van der Waals surface area contributed by atoms with Crippen molar-refractivity contribution in [3.63, 3.8) is 0 Å². The maximum absolute atomic E-state index is 13.6. The predicted molar refractivity (Wildman–Crippen MR) is 69.2 cm³/mol. The Morgan fingerprint density at radius 3 is 2.22 bits per heavy atom.